The fourth-order valence-corrected chi connectivity index (χ4v) is 4.98. The van der Waals surface area contributed by atoms with Crippen LogP contribution in [-0.2, 0) is 16.0 Å². The normalized spacial score (nSPS) is 15.0. The highest BCUT2D eigenvalue weighted by Gasteiger charge is 2.36. The van der Waals surface area contributed by atoms with Gasteiger partial charge in [-0.05, 0) is 80.5 Å². The van der Waals surface area contributed by atoms with Crippen LogP contribution in [0.1, 0.15) is 59.2 Å². The van der Waals surface area contributed by atoms with Crippen molar-refractivity contribution in [2.24, 2.45) is 0 Å². The summed E-state index contributed by atoms with van der Waals surface area (Å²) in [6, 6.07) is 12.7. The Morgan fingerprint density at radius 1 is 1.09 bits per heavy atom. The highest BCUT2D eigenvalue weighted by Crippen LogP contribution is 2.32. The Hall–Kier alpha value is -2.86. The number of furan rings is 1. The number of aryl methyl sites for hydroxylation is 3. The number of thiophene rings is 1. The Labute approximate surface area is 193 Å². The predicted octanol–water partition coefficient (Wildman–Crippen LogP) is 5.64. The van der Waals surface area contributed by atoms with Crippen LogP contribution >= 0.6 is 11.3 Å². The van der Waals surface area contributed by atoms with Gasteiger partial charge in [-0.2, -0.15) is 0 Å². The monoisotopic (exact) mass is 450 g/mol. The molecule has 2 amide bonds. The molecule has 0 spiro atoms. The van der Waals surface area contributed by atoms with Gasteiger partial charge in [0.15, 0.2) is 6.04 Å². The largest absolute Gasteiger partial charge is 0.464 e. The van der Waals surface area contributed by atoms with E-state index in [4.69, 9.17) is 4.42 Å². The summed E-state index contributed by atoms with van der Waals surface area (Å²) >= 11 is 1.54. The van der Waals surface area contributed by atoms with E-state index in [1.807, 2.05) is 62.5 Å². The minimum atomic E-state index is -0.862. The van der Waals surface area contributed by atoms with Crippen LogP contribution in [0.25, 0.3) is 0 Å². The lowest BCUT2D eigenvalue weighted by molar-refractivity contribution is -0.127. The average molecular weight is 451 g/mol. The topological polar surface area (TPSA) is 62.6 Å². The van der Waals surface area contributed by atoms with Crippen LogP contribution in [0.15, 0.2) is 52.3 Å². The molecule has 32 heavy (non-hydrogen) atoms. The predicted molar refractivity (Wildman–Crippen MR) is 128 cm³/mol. The highest BCUT2D eigenvalue weighted by atomic mass is 32.1. The third-order valence-electron chi connectivity index (χ3n) is 6.18. The quantitative estimate of drug-likeness (QED) is 0.506. The molecule has 1 atom stereocenters. The molecule has 0 unspecified atom stereocenters. The third-order valence-corrected chi connectivity index (χ3v) is 7.06. The van der Waals surface area contributed by atoms with Crippen molar-refractivity contribution in [3.8, 4) is 0 Å². The number of anilines is 1. The molecular weight excluding hydrogens is 420 g/mol. The van der Waals surface area contributed by atoms with Gasteiger partial charge >= 0.3 is 0 Å². The molecule has 6 heteroatoms. The average Bonchev–Trinajstić information content (AvgIpc) is 3.52. The first-order chi connectivity index (χ1) is 15.4. The van der Waals surface area contributed by atoms with Crippen LogP contribution < -0.4 is 10.2 Å². The molecule has 1 aliphatic carbocycles. The Morgan fingerprint density at radius 3 is 2.50 bits per heavy atom. The summed E-state index contributed by atoms with van der Waals surface area (Å²) < 4.78 is 5.92. The first kappa shape index (κ1) is 22.3. The molecule has 2 heterocycles. The Morgan fingerprint density at radius 2 is 1.88 bits per heavy atom. The van der Waals surface area contributed by atoms with E-state index in [1.54, 1.807) is 22.3 Å². The molecule has 0 aliphatic heterocycles. The number of nitrogens with zero attached hydrogens (tertiary/aromatic N) is 1. The second-order valence-corrected chi connectivity index (χ2v) is 9.66. The maximum absolute atomic E-state index is 13.7. The van der Waals surface area contributed by atoms with Gasteiger partial charge in [0.05, 0.1) is 6.42 Å². The maximum atomic E-state index is 13.7. The summed E-state index contributed by atoms with van der Waals surface area (Å²) in [6.07, 6.45) is 4.42. The number of rotatable bonds is 7. The van der Waals surface area contributed by atoms with Gasteiger partial charge in [0.25, 0.3) is 5.91 Å². The Bertz CT molecular complexity index is 1080. The molecule has 1 aliphatic rings. The third kappa shape index (κ3) is 4.96. The lowest BCUT2D eigenvalue weighted by Crippen LogP contribution is -2.46. The Balaban J connectivity index is 1.76. The number of hydrogen-bond donors (Lipinski definition) is 1. The number of carbonyl (C=O) groups excluding carboxylic acids is 2. The van der Waals surface area contributed by atoms with Gasteiger partial charge in [-0.3, -0.25) is 14.5 Å². The van der Waals surface area contributed by atoms with E-state index in [-0.39, 0.29) is 24.3 Å². The lowest BCUT2D eigenvalue weighted by atomic mass is 10.0. The molecule has 1 fully saturated rings. The second kappa shape index (κ2) is 9.74. The first-order valence-electron chi connectivity index (χ1n) is 11.2. The van der Waals surface area contributed by atoms with Crippen molar-refractivity contribution in [2.75, 3.05) is 4.90 Å². The molecule has 1 aromatic carbocycles. The smallest absolute Gasteiger partial charge is 0.251 e. The lowest BCUT2D eigenvalue weighted by Gasteiger charge is -2.31. The molecule has 3 aromatic rings. The van der Waals surface area contributed by atoms with Crippen molar-refractivity contribution in [1.82, 2.24) is 5.32 Å². The summed E-state index contributed by atoms with van der Waals surface area (Å²) in [5.74, 6) is 0.875. The number of benzene rings is 1. The van der Waals surface area contributed by atoms with Crippen LogP contribution in [0.5, 0.6) is 0 Å². The van der Waals surface area contributed by atoms with E-state index in [2.05, 4.69) is 5.32 Å². The van der Waals surface area contributed by atoms with E-state index in [0.29, 0.717) is 17.2 Å². The molecule has 2 aromatic heterocycles. The zero-order valence-corrected chi connectivity index (χ0v) is 19.7. The molecule has 168 valence electrons. The van der Waals surface area contributed by atoms with Crippen molar-refractivity contribution < 1.29 is 14.0 Å². The zero-order valence-electron chi connectivity index (χ0n) is 18.9. The molecular formula is C26H30N2O3S. The second-order valence-electron chi connectivity index (χ2n) is 8.63. The first-order valence-corrected chi connectivity index (χ1v) is 12.1. The van der Waals surface area contributed by atoms with Gasteiger partial charge in [-0.1, -0.05) is 25.0 Å². The van der Waals surface area contributed by atoms with Gasteiger partial charge in [0.1, 0.15) is 11.5 Å². The van der Waals surface area contributed by atoms with Crippen LogP contribution in [0.3, 0.4) is 0 Å². The summed E-state index contributed by atoms with van der Waals surface area (Å²) in [6.45, 7) is 5.91. The number of carbonyl (C=O) groups is 2. The maximum Gasteiger partial charge on any atom is 0.251 e. The van der Waals surface area contributed by atoms with E-state index >= 15 is 0 Å². The van der Waals surface area contributed by atoms with Crippen LogP contribution in [0, 0.1) is 20.8 Å². The van der Waals surface area contributed by atoms with Gasteiger partial charge in [0, 0.05) is 16.6 Å². The molecule has 1 N–H and O–H groups in total. The molecule has 5 nitrogen and oxygen atoms in total. The van der Waals surface area contributed by atoms with E-state index in [1.165, 1.54) is 0 Å². The fourth-order valence-electron chi connectivity index (χ4n) is 4.28. The van der Waals surface area contributed by atoms with Crippen molar-refractivity contribution in [3.05, 3.63) is 75.4 Å². The van der Waals surface area contributed by atoms with Gasteiger partial charge < -0.3 is 9.73 Å². The summed E-state index contributed by atoms with van der Waals surface area (Å²) in [5.41, 5.74) is 2.91. The van der Waals surface area contributed by atoms with Gasteiger partial charge in [-0.15, -0.1) is 11.3 Å². The standard InChI is InChI=1S/C26H30N2O3S/c1-17-10-12-21(15-18(17)2)28(24(29)16-22-9-6-14-32-22)25(23-13-11-19(3)31-23)26(30)27-20-7-4-5-8-20/h6,9-15,20,25H,4-5,7-8,16H2,1-3H3,(H,27,30)/t25-/m0/s1. The van der Waals surface area contributed by atoms with Crippen molar-refractivity contribution in [1.29, 1.82) is 0 Å². The fraction of sp³-hybridized carbons (Fsp3) is 0.385. The van der Waals surface area contributed by atoms with Gasteiger partial charge in [0.2, 0.25) is 5.91 Å². The van der Waals surface area contributed by atoms with E-state index < -0.39 is 6.04 Å². The minimum absolute atomic E-state index is 0.128. The molecule has 4 rings (SSSR count). The van der Waals surface area contributed by atoms with E-state index in [0.717, 1.165) is 41.7 Å². The van der Waals surface area contributed by atoms with Crippen LogP contribution in [0.4, 0.5) is 5.69 Å². The SMILES string of the molecule is Cc1ccc([C@@H](C(=O)NC2CCCC2)N(C(=O)Cc2cccs2)c2ccc(C)c(C)c2)o1. The minimum Gasteiger partial charge on any atom is -0.464 e. The molecule has 0 saturated heterocycles. The van der Waals surface area contributed by atoms with Crippen molar-refractivity contribution in [2.45, 2.75) is 65.0 Å². The van der Waals surface area contributed by atoms with Crippen molar-refractivity contribution in [3.63, 3.8) is 0 Å². The van der Waals surface area contributed by atoms with Gasteiger partial charge in [-0.25, -0.2) is 0 Å². The Kier molecular flexibility index (Phi) is 6.80. The number of hydrogen-bond acceptors (Lipinski definition) is 4. The molecule has 0 radical (unpaired) electrons. The van der Waals surface area contributed by atoms with Crippen LogP contribution in [0.2, 0.25) is 0 Å². The summed E-state index contributed by atoms with van der Waals surface area (Å²) in [5, 5.41) is 5.15. The van der Waals surface area contributed by atoms with Crippen molar-refractivity contribution >= 4 is 28.8 Å². The zero-order chi connectivity index (χ0) is 22.7. The summed E-state index contributed by atoms with van der Waals surface area (Å²) in [4.78, 5) is 29.9. The summed E-state index contributed by atoms with van der Waals surface area (Å²) in [7, 11) is 0. The van der Waals surface area contributed by atoms with Crippen LogP contribution in [-0.4, -0.2) is 17.9 Å². The van der Waals surface area contributed by atoms with E-state index in [9.17, 15) is 9.59 Å². The number of amides is 2. The number of nitrogens with one attached hydrogen (secondary N) is 1. The molecule has 0 bridgehead atoms. The molecule has 1 saturated carbocycles. The highest BCUT2D eigenvalue weighted by molar-refractivity contribution is 7.10.